The summed E-state index contributed by atoms with van der Waals surface area (Å²) in [5, 5.41) is 2.79. The molecular weight excluding hydrogens is 370 g/mol. The van der Waals surface area contributed by atoms with Crippen LogP contribution in [0, 0.1) is 11.8 Å². The maximum absolute atomic E-state index is 13.0. The molecule has 1 aromatic carbocycles. The number of methoxy groups -OCH3 is 1. The fourth-order valence-corrected chi connectivity index (χ4v) is 4.35. The van der Waals surface area contributed by atoms with Crippen molar-refractivity contribution < 1.29 is 19.1 Å². The molecule has 7 nitrogen and oxygen atoms in total. The van der Waals surface area contributed by atoms with Gasteiger partial charge in [0.15, 0.2) is 0 Å². The summed E-state index contributed by atoms with van der Waals surface area (Å²) < 4.78 is 5.16. The maximum atomic E-state index is 13.0. The average Bonchev–Trinajstić information content (AvgIpc) is 2.89. The Kier molecular flexibility index (Phi) is 6.15. The molecule has 4 amide bonds. The second-order valence-corrected chi connectivity index (χ2v) is 8.75. The van der Waals surface area contributed by atoms with Crippen LogP contribution in [0.4, 0.5) is 4.79 Å². The van der Waals surface area contributed by atoms with E-state index in [-0.39, 0.29) is 18.4 Å². The summed E-state index contributed by atoms with van der Waals surface area (Å²) in [4.78, 5) is 41.0. The Morgan fingerprint density at radius 3 is 2.38 bits per heavy atom. The fourth-order valence-electron chi connectivity index (χ4n) is 4.35. The standard InChI is InChI=1S/C22H31N3O4/c1-15-11-16(2)13-24(12-15)19(26)14-25-20(27)22(3,23-21(25)28)10-9-17-5-7-18(29-4)8-6-17/h5-8,15-16H,9-14H2,1-4H3,(H,23,28)/t15-,16+,22-/m1/s1. The summed E-state index contributed by atoms with van der Waals surface area (Å²) in [5.41, 5.74) is 0.0552. The Labute approximate surface area is 172 Å². The van der Waals surface area contributed by atoms with E-state index in [0.29, 0.717) is 37.8 Å². The third kappa shape index (κ3) is 4.71. The van der Waals surface area contributed by atoms with Gasteiger partial charge in [-0.25, -0.2) is 4.79 Å². The van der Waals surface area contributed by atoms with Gasteiger partial charge >= 0.3 is 6.03 Å². The molecule has 7 heteroatoms. The first-order chi connectivity index (χ1) is 13.7. The number of imide groups is 1. The molecular formula is C22H31N3O4. The van der Waals surface area contributed by atoms with Crippen molar-refractivity contribution in [3.05, 3.63) is 29.8 Å². The van der Waals surface area contributed by atoms with Gasteiger partial charge in [0.1, 0.15) is 17.8 Å². The van der Waals surface area contributed by atoms with Gasteiger partial charge in [0.05, 0.1) is 7.11 Å². The molecule has 2 heterocycles. The zero-order valence-corrected chi connectivity index (χ0v) is 17.7. The molecule has 29 heavy (non-hydrogen) atoms. The highest BCUT2D eigenvalue weighted by atomic mass is 16.5. The van der Waals surface area contributed by atoms with Gasteiger partial charge in [0.2, 0.25) is 5.91 Å². The lowest BCUT2D eigenvalue weighted by Gasteiger charge is -2.35. The van der Waals surface area contributed by atoms with Crippen LogP contribution in [0.25, 0.3) is 0 Å². The molecule has 0 bridgehead atoms. The molecule has 2 saturated heterocycles. The predicted molar refractivity (Wildman–Crippen MR) is 109 cm³/mol. The van der Waals surface area contributed by atoms with Crippen LogP contribution in [0.2, 0.25) is 0 Å². The molecule has 0 saturated carbocycles. The maximum Gasteiger partial charge on any atom is 0.325 e. The highest BCUT2D eigenvalue weighted by molar-refractivity contribution is 6.08. The number of benzene rings is 1. The lowest BCUT2D eigenvalue weighted by Crippen LogP contribution is -2.49. The number of carbonyl (C=O) groups excluding carboxylic acids is 3. The van der Waals surface area contributed by atoms with Gasteiger partial charge < -0.3 is 15.0 Å². The lowest BCUT2D eigenvalue weighted by atomic mass is 9.92. The van der Waals surface area contributed by atoms with E-state index in [9.17, 15) is 14.4 Å². The molecule has 2 aliphatic rings. The smallest absolute Gasteiger partial charge is 0.325 e. The Hall–Kier alpha value is -2.57. The number of nitrogens with one attached hydrogen (secondary N) is 1. The summed E-state index contributed by atoms with van der Waals surface area (Å²) in [5.74, 6) is 1.14. The second-order valence-electron chi connectivity index (χ2n) is 8.75. The Bertz CT molecular complexity index is 769. The topological polar surface area (TPSA) is 79.0 Å². The molecule has 3 atom stereocenters. The van der Waals surface area contributed by atoms with E-state index >= 15 is 0 Å². The van der Waals surface area contributed by atoms with Gasteiger partial charge in [-0.3, -0.25) is 14.5 Å². The number of urea groups is 1. The quantitative estimate of drug-likeness (QED) is 0.743. The van der Waals surface area contributed by atoms with Crippen LogP contribution in [-0.4, -0.2) is 59.9 Å². The molecule has 0 aromatic heterocycles. The van der Waals surface area contributed by atoms with Crippen LogP contribution in [0.1, 0.15) is 39.2 Å². The monoisotopic (exact) mass is 401 g/mol. The molecule has 1 N–H and O–H groups in total. The van der Waals surface area contributed by atoms with Crippen molar-refractivity contribution in [1.82, 2.24) is 15.1 Å². The van der Waals surface area contributed by atoms with Crippen molar-refractivity contribution >= 4 is 17.8 Å². The van der Waals surface area contributed by atoms with Crippen LogP contribution in [0.15, 0.2) is 24.3 Å². The number of amides is 4. The van der Waals surface area contributed by atoms with E-state index in [4.69, 9.17) is 4.74 Å². The first-order valence-corrected chi connectivity index (χ1v) is 10.3. The lowest BCUT2D eigenvalue weighted by molar-refractivity contribution is -0.140. The number of ether oxygens (including phenoxy) is 1. The van der Waals surface area contributed by atoms with Crippen molar-refractivity contribution in [2.24, 2.45) is 11.8 Å². The Balaban J connectivity index is 1.61. The number of aryl methyl sites for hydroxylation is 1. The van der Waals surface area contributed by atoms with Crippen LogP contribution >= 0.6 is 0 Å². The first-order valence-electron chi connectivity index (χ1n) is 10.3. The Morgan fingerprint density at radius 1 is 1.17 bits per heavy atom. The van der Waals surface area contributed by atoms with E-state index in [2.05, 4.69) is 19.2 Å². The van der Waals surface area contributed by atoms with Crippen molar-refractivity contribution in [2.45, 2.75) is 45.6 Å². The summed E-state index contributed by atoms with van der Waals surface area (Å²) in [6.45, 7) is 7.15. The van der Waals surface area contributed by atoms with Crippen molar-refractivity contribution in [3.63, 3.8) is 0 Å². The minimum Gasteiger partial charge on any atom is -0.497 e. The normalized spacial score (nSPS) is 27.2. The number of rotatable bonds is 6. The third-order valence-corrected chi connectivity index (χ3v) is 5.93. The molecule has 0 radical (unpaired) electrons. The van der Waals surface area contributed by atoms with E-state index in [0.717, 1.165) is 22.6 Å². The molecule has 2 aliphatic heterocycles. The van der Waals surface area contributed by atoms with Gasteiger partial charge in [-0.2, -0.15) is 0 Å². The third-order valence-electron chi connectivity index (χ3n) is 5.93. The number of nitrogens with zero attached hydrogens (tertiary/aromatic N) is 2. The van der Waals surface area contributed by atoms with Crippen molar-refractivity contribution in [2.75, 3.05) is 26.7 Å². The molecule has 3 rings (SSSR count). The van der Waals surface area contributed by atoms with Crippen LogP contribution < -0.4 is 10.1 Å². The highest BCUT2D eigenvalue weighted by Crippen LogP contribution is 2.25. The van der Waals surface area contributed by atoms with E-state index in [1.807, 2.05) is 24.3 Å². The molecule has 1 aromatic rings. The summed E-state index contributed by atoms with van der Waals surface area (Å²) in [6.07, 6.45) is 2.19. The Morgan fingerprint density at radius 2 is 1.79 bits per heavy atom. The van der Waals surface area contributed by atoms with Crippen molar-refractivity contribution in [1.29, 1.82) is 0 Å². The summed E-state index contributed by atoms with van der Waals surface area (Å²) in [7, 11) is 1.61. The minimum atomic E-state index is -1.00. The predicted octanol–water partition coefficient (Wildman–Crippen LogP) is 2.44. The first kappa shape index (κ1) is 21.1. The molecule has 0 aliphatic carbocycles. The summed E-state index contributed by atoms with van der Waals surface area (Å²) >= 11 is 0. The van der Waals surface area contributed by atoms with Crippen LogP contribution in [-0.2, 0) is 16.0 Å². The zero-order chi connectivity index (χ0) is 21.2. The zero-order valence-electron chi connectivity index (χ0n) is 17.7. The number of hydrogen-bond donors (Lipinski definition) is 1. The van der Waals surface area contributed by atoms with Gasteiger partial charge in [-0.1, -0.05) is 26.0 Å². The van der Waals surface area contributed by atoms with E-state index in [1.165, 1.54) is 0 Å². The molecule has 0 unspecified atom stereocenters. The van der Waals surface area contributed by atoms with Gasteiger partial charge in [-0.15, -0.1) is 0 Å². The van der Waals surface area contributed by atoms with Gasteiger partial charge in [0.25, 0.3) is 5.91 Å². The van der Waals surface area contributed by atoms with Crippen LogP contribution in [0.3, 0.4) is 0 Å². The van der Waals surface area contributed by atoms with Gasteiger partial charge in [-0.05, 0) is 55.7 Å². The fraction of sp³-hybridized carbons (Fsp3) is 0.591. The van der Waals surface area contributed by atoms with Crippen LogP contribution in [0.5, 0.6) is 5.75 Å². The highest BCUT2D eigenvalue weighted by Gasteiger charge is 2.48. The van der Waals surface area contributed by atoms with E-state index in [1.54, 1.807) is 18.9 Å². The minimum absolute atomic E-state index is 0.161. The molecule has 158 valence electrons. The molecule has 0 spiro atoms. The second kappa shape index (κ2) is 8.43. The average molecular weight is 402 g/mol. The molecule has 2 fully saturated rings. The number of hydrogen-bond acceptors (Lipinski definition) is 4. The van der Waals surface area contributed by atoms with E-state index < -0.39 is 11.6 Å². The largest absolute Gasteiger partial charge is 0.497 e. The SMILES string of the molecule is COc1ccc(CC[C@@]2(C)NC(=O)N(CC(=O)N3C[C@H](C)C[C@H](C)C3)C2=O)cc1. The number of carbonyl (C=O) groups is 3. The number of piperidine rings is 1. The van der Waals surface area contributed by atoms with Gasteiger partial charge in [0, 0.05) is 13.1 Å². The summed E-state index contributed by atoms with van der Waals surface area (Å²) in [6, 6.07) is 7.15. The number of likely N-dealkylation sites (tertiary alicyclic amines) is 1. The van der Waals surface area contributed by atoms with Crippen molar-refractivity contribution in [3.8, 4) is 5.75 Å².